The molecule has 0 bridgehead atoms. The maximum atomic E-state index is 12.4. The largest absolute Gasteiger partial charge is 0.494 e. The van der Waals surface area contributed by atoms with Crippen LogP contribution in [0.15, 0.2) is 41.3 Å². The summed E-state index contributed by atoms with van der Waals surface area (Å²) in [4.78, 5) is 26.4. The van der Waals surface area contributed by atoms with Gasteiger partial charge in [-0.25, -0.2) is 4.79 Å². The van der Waals surface area contributed by atoms with E-state index in [0.717, 1.165) is 24.2 Å². The highest BCUT2D eigenvalue weighted by molar-refractivity contribution is 5.97. The maximum absolute atomic E-state index is 12.4. The minimum Gasteiger partial charge on any atom is -0.494 e. The van der Waals surface area contributed by atoms with Crippen LogP contribution < -0.4 is 15.5 Å². The Morgan fingerprint density at radius 2 is 1.96 bits per heavy atom. The molecular weight excluding hydrogens is 320 g/mol. The van der Waals surface area contributed by atoms with Gasteiger partial charge in [0.2, 0.25) is 5.43 Å². The first-order chi connectivity index (χ1) is 12.1. The number of aromatic amines is 1. The van der Waals surface area contributed by atoms with Gasteiger partial charge in [0, 0.05) is 24.8 Å². The van der Waals surface area contributed by atoms with Crippen LogP contribution in [0.1, 0.15) is 21.5 Å². The first-order valence-electron chi connectivity index (χ1n) is 7.88. The van der Waals surface area contributed by atoms with E-state index in [1.54, 1.807) is 12.1 Å². The number of carboxylic acids is 1. The lowest BCUT2D eigenvalue weighted by atomic mass is 9.98. The van der Waals surface area contributed by atoms with Crippen LogP contribution in [0.3, 0.4) is 0 Å². The summed E-state index contributed by atoms with van der Waals surface area (Å²) in [6.07, 6.45) is 1.21. The number of carbonyl (C=O) groups is 1. The quantitative estimate of drug-likeness (QED) is 0.683. The number of nitrogens with one attached hydrogen (secondary N) is 2. The minimum atomic E-state index is -1.25. The summed E-state index contributed by atoms with van der Waals surface area (Å²) < 4.78 is 5.55. The Hall–Kier alpha value is -3.12. The van der Waals surface area contributed by atoms with Gasteiger partial charge >= 0.3 is 5.97 Å². The van der Waals surface area contributed by atoms with E-state index < -0.39 is 11.4 Å². The molecule has 0 fully saturated rings. The molecule has 1 aromatic heterocycles. The Kier molecular flexibility index (Phi) is 3.54. The van der Waals surface area contributed by atoms with Crippen molar-refractivity contribution in [1.29, 1.82) is 0 Å². The monoisotopic (exact) mass is 336 g/mol. The van der Waals surface area contributed by atoms with Crippen LogP contribution in [0, 0.1) is 0 Å². The number of methoxy groups -OCH3 is 1. The number of pyridine rings is 1. The van der Waals surface area contributed by atoms with E-state index in [1.165, 1.54) is 24.4 Å². The van der Waals surface area contributed by atoms with Gasteiger partial charge in [0.1, 0.15) is 5.56 Å². The van der Waals surface area contributed by atoms with Crippen LogP contribution in [-0.2, 0) is 13.1 Å². The van der Waals surface area contributed by atoms with E-state index in [-0.39, 0.29) is 5.56 Å². The van der Waals surface area contributed by atoms with Crippen molar-refractivity contribution >= 4 is 16.9 Å². The summed E-state index contributed by atoms with van der Waals surface area (Å²) in [5, 5.41) is 12.7. The molecule has 0 spiro atoms. The van der Waals surface area contributed by atoms with Gasteiger partial charge in [-0.15, -0.1) is 0 Å². The molecule has 0 saturated heterocycles. The van der Waals surface area contributed by atoms with Crippen LogP contribution in [0.5, 0.6) is 5.75 Å². The van der Waals surface area contributed by atoms with Crippen molar-refractivity contribution in [3.63, 3.8) is 0 Å². The third-order valence-electron chi connectivity index (χ3n) is 4.59. The van der Waals surface area contributed by atoms with Gasteiger partial charge in [-0.3, -0.25) is 4.79 Å². The van der Waals surface area contributed by atoms with E-state index >= 15 is 0 Å². The number of ether oxygens (including phenoxy) is 1. The predicted octanol–water partition coefficient (Wildman–Crippen LogP) is 2.51. The molecule has 0 aliphatic carbocycles. The number of rotatable bonds is 3. The molecule has 0 atom stereocenters. The smallest absolute Gasteiger partial charge is 0.341 e. The minimum absolute atomic E-state index is 0.286. The van der Waals surface area contributed by atoms with Crippen molar-refractivity contribution in [1.82, 2.24) is 10.3 Å². The van der Waals surface area contributed by atoms with Crippen molar-refractivity contribution < 1.29 is 14.6 Å². The maximum Gasteiger partial charge on any atom is 0.341 e. The number of aromatic nitrogens is 1. The summed E-state index contributed by atoms with van der Waals surface area (Å²) in [6.45, 7) is 1.70. The second-order valence-electron chi connectivity index (χ2n) is 5.99. The molecule has 0 unspecified atom stereocenters. The molecule has 3 aromatic rings. The van der Waals surface area contributed by atoms with Gasteiger partial charge in [-0.1, -0.05) is 12.1 Å². The highest BCUT2D eigenvalue weighted by atomic mass is 16.5. The van der Waals surface area contributed by atoms with Crippen LogP contribution in [0.2, 0.25) is 0 Å². The van der Waals surface area contributed by atoms with E-state index in [2.05, 4.69) is 22.4 Å². The van der Waals surface area contributed by atoms with Crippen LogP contribution in [0.25, 0.3) is 22.0 Å². The van der Waals surface area contributed by atoms with Gasteiger partial charge in [-0.05, 0) is 34.9 Å². The van der Waals surface area contributed by atoms with Gasteiger partial charge in [-0.2, -0.15) is 0 Å². The molecule has 6 nitrogen and oxygen atoms in total. The zero-order chi connectivity index (χ0) is 17.6. The van der Waals surface area contributed by atoms with E-state index in [9.17, 15) is 9.59 Å². The molecule has 4 rings (SSSR count). The molecular formula is C19H16N2O4. The Morgan fingerprint density at radius 3 is 2.72 bits per heavy atom. The number of fused-ring (bicyclic) bond motifs is 2. The van der Waals surface area contributed by atoms with Gasteiger partial charge in [0.25, 0.3) is 0 Å². The zero-order valence-corrected chi connectivity index (χ0v) is 13.6. The SMILES string of the molecule is COc1c(-c2ccc3c(c2)CNC3)ccc2c(=O)c(C(=O)O)c[nH]c12. The number of carboxylic acid groups (broad SMARTS) is 1. The fourth-order valence-corrected chi connectivity index (χ4v) is 3.33. The third kappa shape index (κ3) is 2.38. The second kappa shape index (κ2) is 5.75. The van der Waals surface area contributed by atoms with Crippen molar-refractivity contribution in [2.75, 3.05) is 7.11 Å². The molecule has 2 heterocycles. The Morgan fingerprint density at radius 1 is 1.16 bits per heavy atom. The number of hydrogen-bond acceptors (Lipinski definition) is 4. The molecule has 3 N–H and O–H groups in total. The van der Waals surface area contributed by atoms with Crippen molar-refractivity contribution in [2.24, 2.45) is 0 Å². The standard InChI is InChI=1S/C19H16N2O4/c1-25-18-13(10-2-3-11-7-20-8-12(11)6-10)4-5-14-16(18)21-9-15(17(14)22)19(23)24/h2-6,9,20H,7-8H2,1H3,(H,21,22)(H,23,24). The Bertz CT molecular complexity index is 1070. The van der Waals surface area contributed by atoms with Crippen molar-refractivity contribution in [3.05, 3.63) is 63.4 Å². The van der Waals surface area contributed by atoms with Crippen molar-refractivity contribution in [3.8, 4) is 16.9 Å². The summed E-state index contributed by atoms with van der Waals surface area (Å²) in [6, 6.07) is 9.67. The van der Waals surface area contributed by atoms with E-state index in [4.69, 9.17) is 9.84 Å². The Labute approximate surface area is 143 Å². The molecule has 0 radical (unpaired) electrons. The first-order valence-corrected chi connectivity index (χ1v) is 7.88. The highest BCUT2D eigenvalue weighted by Gasteiger charge is 2.18. The number of benzene rings is 2. The summed E-state index contributed by atoms with van der Waals surface area (Å²) in [5.74, 6) is -0.727. The summed E-state index contributed by atoms with van der Waals surface area (Å²) >= 11 is 0. The van der Waals surface area contributed by atoms with Crippen molar-refractivity contribution in [2.45, 2.75) is 13.1 Å². The normalized spacial score (nSPS) is 13.0. The lowest BCUT2D eigenvalue weighted by molar-refractivity contribution is 0.0695. The lowest BCUT2D eigenvalue weighted by Gasteiger charge is -2.13. The zero-order valence-electron chi connectivity index (χ0n) is 13.6. The van der Waals surface area contributed by atoms with Gasteiger partial charge in [0.05, 0.1) is 18.0 Å². The molecule has 1 aliphatic rings. The number of aromatic carboxylic acids is 1. The van der Waals surface area contributed by atoms with Crippen LogP contribution in [-0.4, -0.2) is 23.2 Å². The molecule has 2 aromatic carbocycles. The third-order valence-corrected chi connectivity index (χ3v) is 4.59. The summed E-state index contributed by atoms with van der Waals surface area (Å²) in [5.41, 5.74) is 4.05. The average molecular weight is 336 g/mol. The van der Waals surface area contributed by atoms with E-state index in [0.29, 0.717) is 16.7 Å². The molecule has 126 valence electrons. The second-order valence-corrected chi connectivity index (χ2v) is 5.99. The number of hydrogen-bond donors (Lipinski definition) is 3. The molecule has 0 amide bonds. The van der Waals surface area contributed by atoms with Crippen LogP contribution in [0.4, 0.5) is 0 Å². The fraction of sp³-hybridized carbons (Fsp3) is 0.158. The fourth-order valence-electron chi connectivity index (χ4n) is 3.33. The van der Waals surface area contributed by atoms with Gasteiger partial charge in [0.15, 0.2) is 5.75 Å². The topological polar surface area (TPSA) is 91.4 Å². The first kappa shape index (κ1) is 15.4. The summed E-state index contributed by atoms with van der Waals surface area (Å²) in [7, 11) is 1.54. The predicted molar refractivity (Wildman–Crippen MR) is 94.1 cm³/mol. The van der Waals surface area contributed by atoms with Crippen LogP contribution >= 0.6 is 0 Å². The lowest BCUT2D eigenvalue weighted by Crippen LogP contribution is -2.15. The molecule has 1 aliphatic heterocycles. The highest BCUT2D eigenvalue weighted by Crippen LogP contribution is 2.36. The molecule has 0 saturated carbocycles. The molecule has 25 heavy (non-hydrogen) atoms. The van der Waals surface area contributed by atoms with E-state index in [1.807, 2.05) is 6.07 Å². The van der Waals surface area contributed by atoms with Gasteiger partial charge < -0.3 is 20.1 Å². The Balaban J connectivity index is 1.95. The molecule has 6 heteroatoms. The number of H-pyrrole nitrogens is 1. The average Bonchev–Trinajstić information content (AvgIpc) is 3.08.